The molecular formula is C13H22O4. The van der Waals surface area contributed by atoms with Gasteiger partial charge in [-0.05, 0) is 54.4 Å². The fraction of sp³-hybridized carbons (Fsp3) is 0.846. The van der Waals surface area contributed by atoms with Crippen LogP contribution in [0.4, 0.5) is 0 Å². The molecular weight excluding hydrogens is 220 g/mol. The number of esters is 2. The Balaban J connectivity index is 2.70. The highest BCUT2D eigenvalue weighted by molar-refractivity contribution is 6.03. The van der Waals surface area contributed by atoms with Crippen molar-refractivity contribution in [2.75, 3.05) is 0 Å². The Bertz CT molecular complexity index is 296. The van der Waals surface area contributed by atoms with Crippen molar-refractivity contribution < 1.29 is 19.1 Å². The highest BCUT2D eigenvalue weighted by Gasteiger charge is 2.60. The molecule has 1 rings (SSSR count). The maximum absolute atomic E-state index is 11.9. The van der Waals surface area contributed by atoms with E-state index in [1.54, 1.807) is 41.5 Å². The highest BCUT2D eigenvalue weighted by atomic mass is 16.6. The van der Waals surface area contributed by atoms with Crippen molar-refractivity contribution in [2.45, 2.75) is 65.6 Å². The van der Waals surface area contributed by atoms with Crippen LogP contribution in [0, 0.1) is 5.41 Å². The van der Waals surface area contributed by atoms with E-state index in [4.69, 9.17) is 9.47 Å². The average molecular weight is 242 g/mol. The molecule has 0 aliphatic heterocycles. The van der Waals surface area contributed by atoms with Crippen LogP contribution in [-0.4, -0.2) is 23.1 Å². The molecule has 0 aromatic heterocycles. The Morgan fingerprint density at radius 2 is 1.12 bits per heavy atom. The van der Waals surface area contributed by atoms with E-state index >= 15 is 0 Å². The molecule has 0 amide bonds. The lowest BCUT2D eigenvalue weighted by atomic mass is 10.1. The van der Waals surface area contributed by atoms with E-state index in [2.05, 4.69) is 0 Å². The molecule has 4 nitrogen and oxygen atoms in total. The zero-order valence-corrected chi connectivity index (χ0v) is 11.5. The number of rotatable bonds is 2. The number of carbonyl (C=O) groups excluding carboxylic acids is 2. The molecule has 0 bridgehead atoms. The molecule has 1 aliphatic carbocycles. The van der Waals surface area contributed by atoms with Gasteiger partial charge in [-0.1, -0.05) is 0 Å². The first-order valence-corrected chi connectivity index (χ1v) is 5.93. The van der Waals surface area contributed by atoms with Gasteiger partial charge in [0.25, 0.3) is 0 Å². The predicted octanol–water partition coefficient (Wildman–Crippen LogP) is 2.45. The summed E-state index contributed by atoms with van der Waals surface area (Å²) in [6.45, 7) is 10.7. The van der Waals surface area contributed by atoms with E-state index in [-0.39, 0.29) is 0 Å². The third-order valence-electron chi connectivity index (χ3n) is 2.33. The SMILES string of the molecule is CC(C)(C)OC(=O)C1(C(=O)OC(C)(C)C)CC1. The minimum atomic E-state index is -1.04. The molecule has 0 heterocycles. The van der Waals surface area contributed by atoms with Crippen LogP contribution >= 0.6 is 0 Å². The van der Waals surface area contributed by atoms with Crippen LogP contribution in [0.25, 0.3) is 0 Å². The summed E-state index contributed by atoms with van der Waals surface area (Å²) >= 11 is 0. The summed E-state index contributed by atoms with van der Waals surface area (Å²) in [4.78, 5) is 23.9. The zero-order chi connectivity index (χ0) is 13.5. The number of hydrogen-bond acceptors (Lipinski definition) is 4. The first-order valence-electron chi connectivity index (χ1n) is 5.93. The third-order valence-corrected chi connectivity index (χ3v) is 2.33. The van der Waals surface area contributed by atoms with Crippen molar-refractivity contribution in [2.24, 2.45) is 5.41 Å². The lowest BCUT2D eigenvalue weighted by molar-refractivity contribution is -0.177. The number of hydrogen-bond donors (Lipinski definition) is 0. The second-order valence-electron chi connectivity index (χ2n) is 6.59. The molecule has 4 heteroatoms. The van der Waals surface area contributed by atoms with Gasteiger partial charge in [0, 0.05) is 0 Å². The molecule has 17 heavy (non-hydrogen) atoms. The summed E-state index contributed by atoms with van der Waals surface area (Å²) in [7, 11) is 0. The van der Waals surface area contributed by atoms with Crippen LogP contribution in [0.3, 0.4) is 0 Å². The van der Waals surface area contributed by atoms with Crippen molar-refractivity contribution in [1.29, 1.82) is 0 Å². The summed E-state index contributed by atoms with van der Waals surface area (Å²) in [5, 5.41) is 0. The van der Waals surface area contributed by atoms with Crippen LogP contribution < -0.4 is 0 Å². The minimum Gasteiger partial charge on any atom is -0.459 e. The molecule has 0 N–H and O–H groups in total. The summed E-state index contributed by atoms with van der Waals surface area (Å²) in [5.74, 6) is -0.918. The monoisotopic (exact) mass is 242 g/mol. The molecule has 0 saturated heterocycles. The fourth-order valence-corrected chi connectivity index (χ4v) is 1.37. The van der Waals surface area contributed by atoms with E-state index < -0.39 is 28.6 Å². The second-order valence-corrected chi connectivity index (χ2v) is 6.59. The van der Waals surface area contributed by atoms with Gasteiger partial charge in [-0.25, -0.2) is 0 Å². The Morgan fingerprint density at radius 1 is 0.824 bits per heavy atom. The molecule has 0 aromatic rings. The van der Waals surface area contributed by atoms with Crippen LogP contribution in [0.15, 0.2) is 0 Å². The molecule has 0 radical (unpaired) electrons. The maximum atomic E-state index is 11.9. The first kappa shape index (κ1) is 14.0. The largest absolute Gasteiger partial charge is 0.459 e. The van der Waals surface area contributed by atoms with Gasteiger partial charge in [-0.2, -0.15) is 0 Å². The van der Waals surface area contributed by atoms with Crippen molar-refractivity contribution in [3.8, 4) is 0 Å². The average Bonchev–Trinajstić information content (AvgIpc) is 2.75. The van der Waals surface area contributed by atoms with Crippen LogP contribution in [0.1, 0.15) is 54.4 Å². The predicted molar refractivity (Wildman–Crippen MR) is 63.4 cm³/mol. The van der Waals surface area contributed by atoms with E-state index in [0.717, 1.165) is 0 Å². The minimum absolute atomic E-state index is 0.459. The number of ether oxygens (including phenoxy) is 2. The van der Waals surface area contributed by atoms with Gasteiger partial charge >= 0.3 is 11.9 Å². The van der Waals surface area contributed by atoms with Crippen molar-refractivity contribution in [3.05, 3.63) is 0 Å². The normalized spacial score (nSPS) is 18.5. The Hall–Kier alpha value is -1.06. The van der Waals surface area contributed by atoms with Gasteiger partial charge in [0.15, 0.2) is 5.41 Å². The Morgan fingerprint density at radius 3 is 1.29 bits per heavy atom. The Kier molecular flexibility index (Phi) is 3.29. The van der Waals surface area contributed by atoms with Gasteiger partial charge in [0.05, 0.1) is 0 Å². The van der Waals surface area contributed by atoms with Gasteiger partial charge in [-0.3, -0.25) is 9.59 Å². The second kappa shape index (κ2) is 4.00. The topological polar surface area (TPSA) is 52.6 Å². The molecule has 1 saturated carbocycles. The van der Waals surface area contributed by atoms with Crippen molar-refractivity contribution in [3.63, 3.8) is 0 Å². The van der Waals surface area contributed by atoms with Gasteiger partial charge < -0.3 is 9.47 Å². The summed E-state index contributed by atoms with van der Waals surface area (Å²) in [5.41, 5.74) is -2.19. The van der Waals surface area contributed by atoms with Crippen LogP contribution in [-0.2, 0) is 19.1 Å². The zero-order valence-electron chi connectivity index (χ0n) is 11.5. The van der Waals surface area contributed by atoms with Gasteiger partial charge in [0.2, 0.25) is 0 Å². The van der Waals surface area contributed by atoms with E-state index in [1.165, 1.54) is 0 Å². The Labute approximate surface area is 103 Å². The molecule has 0 spiro atoms. The molecule has 0 atom stereocenters. The maximum Gasteiger partial charge on any atom is 0.324 e. The molecule has 1 aliphatic rings. The summed E-state index contributed by atoms with van der Waals surface area (Å²) in [6.07, 6.45) is 1.05. The van der Waals surface area contributed by atoms with Crippen LogP contribution in [0.5, 0.6) is 0 Å². The molecule has 98 valence electrons. The molecule has 1 fully saturated rings. The van der Waals surface area contributed by atoms with E-state index in [1.807, 2.05) is 0 Å². The highest BCUT2D eigenvalue weighted by Crippen LogP contribution is 2.49. The lowest BCUT2D eigenvalue weighted by Crippen LogP contribution is -2.38. The summed E-state index contributed by atoms with van der Waals surface area (Å²) in [6, 6.07) is 0. The van der Waals surface area contributed by atoms with E-state index in [9.17, 15) is 9.59 Å². The lowest BCUT2D eigenvalue weighted by Gasteiger charge is -2.26. The number of carbonyl (C=O) groups is 2. The molecule has 0 aromatic carbocycles. The smallest absolute Gasteiger partial charge is 0.324 e. The first-order chi connectivity index (χ1) is 7.46. The van der Waals surface area contributed by atoms with Crippen molar-refractivity contribution >= 4 is 11.9 Å². The van der Waals surface area contributed by atoms with E-state index in [0.29, 0.717) is 12.8 Å². The fourth-order valence-electron chi connectivity index (χ4n) is 1.37. The van der Waals surface area contributed by atoms with Gasteiger partial charge in [-0.15, -0.1) is 0 Å². The standard InChI is InChI=1S/C13H22O4/c1-11(2,3)16-9(14)13(7-8-13)10(15)17-12(4,5)6/h7-8H2,1-6H3. The quantitative estimate of drug-likeness (QED) is 0.551. The third kappa shape index (κ3) is 3.72. The summed E-state index contributed by atoms with van der Waals surface area (Å²) < 4.78 is 10.5. The van der Waals surface area contributed by atoms with Gasteiger partial charge in [0.1, 0.15) is 11.2 Å². The van der Waals surface area contributed by atoms with Crippen LogP contribution in [0.2, 0.25) is 0 Å². The molecule has 0 unspecified atom stereocenters. The van der Waals surface area contributed by atoms with Crippen molar-refractivity contribution in [1.82, 2.24) is 0 Å².